The average molecular weight is 252 g/mol. The topological polar surface area (TPSA) is 0 Å². The third kappa shape index (κ3) is 20.0. The van der Waals surface area contributed by atoms with Crippen molar-refractivity contribution in [1.29, 1.82) is 0 Å². The Labute approximate surface area is 88.8 Å². The standard InChI is InChI=1S/Al.Cr.Cu.Ni.Ti.3H. The van der Waals surface area contributed by atoms with Gasteiger partial charge in [0.2, 0.25) is 0 Å². The van der Waals surface area contributed by atoms with Crippen molar-refractivity contribution in [2.45, 2.75) is 0 Å². The summed E-state index contributed by atoms with van der Waals surface area (Å²) in [4.78, 5) is 0. The summed E-state index contributed by atoms with van der Waals surface area (Å²) in [5, 5.41) is 0. The summed E-state index contributed by atoms with van der Waals surface area (Å²) in [6.07, 6.45) is 0. The van der Waals surface area contributed by atoms with Gasteiger partial charge in [-0.2, -0.15) is 0 Å². The largest absolute Gasteiger partial charge is 0.187 e. The van der Waals surface area contributed by atoms with E-state index in [0.717, 1.165) is 0 Å². The molecule has 0 heterocycles. The SMILES string of the molecule is [AlH3].[Cr].[Cu].[Ni].[Ti]. The van der Waals surface area contributed by atoms with Crippen LogP contribution in [0.25, 0.3) is 0 Å². The van der Waals surface area contributed by atoms with Crippen LogP contribution in [0.1, 0.15) is 0 Å². The monoisotopic (exact) mass is 251 g/mol. The summed E-state index contributed by atoms with van der Waals surface area (Å²) in [5.74, 6) is 0. The molecule has 0 spiro atoms. The zero-order valence-corrected chi connectivity index (χ0v) is 6.29. The fourth-order valence-electron chi connectivity index (χ4n) is 0. The van der Waals surface area contributed by atoms with Crippen LogP contribution in [-0.2, 0) is 72.6 Å². The molecule has 0 aliphatic carbocycles. The van der Waals surface area contributed by atoms with E-state index in [9.17, 15) is 0 Å². The Kier molecular flexibility index (Phi) is 270. The number of hydrogen-bond acceptors (Lipinski definition) is 0. The van der Waals surface area contributed by atoms with E-state index in [-0.39, 0.29) is 90.0 Å². The summed E-state index contributed by atoms with van der Waals surface area (Å²) in [7, 11) is 0. The Morgan fingerprint density at radius 2 is 1.00 bits per heavy atom. The summed E-state index contributed by atoms with van der Waals surface area (Å²) in [5.41, 5.74) is 0. The normalized spacial score (nSPS) is 0. The van der Waals surface area contributed by atoms with E-state index in [1.54, 1.807) is 0 Å². The van der Waals surface area contributed by atoms with Gasteiger partial charge in [0.25, 0.3) is 0 Å². The van der Waals surface area contributed by atoms with Crippen molar-refractivity contribution in [3.63, 3.8) is 0 Å². The van der Waals surface area contributed by atoms with Crippen molar-refractivity contribution in [3.8, 4) is 0 Å². The predicted molar refractivity (Wildman–Crippen MR) is 9.94 cm³/mol. The van der Waals surface area contributed by atoms with Crippen LogP contribution in [0.15, 0.2) is 0 Å². The van der Waals surface area contributed by atoms with Crippen molar-refractivity contribution < 1.29 is 72.6 Å². The van der Waals surface area contributed by atoms with Crippen molar-refractivity contribution in [2.75, 3.05) is 0 Å². The van der Waals surface area contributed by atoms with Gasteiger partial charge in [-0.1, -0.05) is 0 Å². The first-order valence-electron chi connectivity index (χ1n) is 0. The zero-order valence-electron chi connectivity index (χ0n) is 1.53. The minimum Gasteiger partial charge on any atom is 0 e. The van der Waals surface area contributed by atoms with Gasteiger partial charge in [-0.25, -0.2) is 0 Å². The molecule has 0 atom stereocenters. The van der Waals surface area contributed by atoms with Gasteiger partial charge >= 0.3 is 0 Å². The second-order valence-electron chi connectivity index (χ2n) is 0. The van der Waals surface area contributed by atoms with Gasteiger partial charge < -0.3 is 0 Å². The molecule has 37 valence electrons. The molecule has 1 radical (unpaired) electrons. The Bertz CT molecular complexity index is 11.6. The molecule has 0 unspecified atom stereocenters. The van der Waals surface area contributed by atoms with Crippen molar-refractivity contribution in [1.82, 2.24) is 0 Å². The first-order valence-corrected chi connectivity index (χ1v) is 0. The summed E-state index contributed by atoms with van der Waals surface area (Å²) in [6, 6.07) is 0. The van der Waals surface area contributed by atoms with Crippen LogP contribution in [-0.4, -0.2) is 17.4 Å². The molecular weight excluding hydrogens is 249 g/mol. The van der Waals surface area contributed by atoms with Crippen LogP contribution in [0.2, 0.25) is 0 Å². The molecule has 0 N–H and O–H groups in total. The summed E-state index contributed by atoms with van der Waals surface area (Å²) in [6.45, 7) is 0. The molecule has 0 rings (SSSR count). The van der Waals surface area contributed by atoms with Crippen LogP contribution in [0.4, 0.5) is 0 Å². The predicted octanol–water partition coefficient (Wildman–Crippen LogP) is -1.19. The van der Waals surface area contributed by atoms with Gasteiger partial charge in [-0.3, -0.25) is 0 Å². The first-order chi connectivity index (χ1) is 0. The fourth-order valence-corrected chi connectivity index (χ4v) is 0. The molecule has 0 nitrogen and oxygen atoms in total. The average Bonchev–Trinajstić information content (AvgIpc) is 0. The van der Waals surface area contributed by atoms with Crippen LogP contribution < -0.4 is 0 Å². The molecule has 0 aromatic rings. The van der Waals surface area contributed by atoms with E-state index in [1.165, 1.54) is 0 Å². The van der Waals surface area contributed by atoms with Crippen LogP contribution in [0, 0.1) is 0 Å². The Balaban J connectivity index is 0. The molecule has 5 heavy (non-hydrogen) atoms. The summed E-state index contributed by atoms with van der Waals surface area (Å²) >= 11 is 0. The minimum absolute atomic E-state index is 0. The third-order valence-corrected chi connectivity index (χ3v) is 0. The van der Waals surface area contributed by atoms with Crippen LogP contribution >= 0.6 is 0 Å². The molecule has 0 aliphatic heterocycles. The van der Waals surface area contributed by atoms with Crippen molar-refractivity contribution >= 4 is 17.4 Å². The van der Waals surface area contributed by atoms with Gasteiger partial charge in [0.15, 0.2) is 17.4 Å². The Hall–Kier alpha value is 2.79. The van der Waals surface area contributed by atoms with Gasteiger partial charge in [-0.15, -0.1) is 0 Å². The summed E-state index contributed by atoms with van der Waals surface area (Å²) < 4.78 is 0. The van der Waals surface area contributed by atoms with E-state index in [2.05, 4.69) is 0 Å². The number of rotatable bonds is 0. The third-order valence-electron chi connectivity index (χ3n) is 0. The van der Waals surface area contributed by atoms with E-state index in [0.29, 0.717) is 0 Å². The molecule has 0 aliphatic rings. The maximum Gasteiger partial charge on any atom is 0.187 e. The molecule has 5 heteroatoms. The number of hydrogen-bond donors (Lipinski definition) is 0. The quantitative estimate of drug-likeness (QED) is 0.475. The molecule has 0 saturated carbocycles. The van der Waals surface area contributed by atoms with E-state index in [1.807, 2.05) is 0 Å². The van der Waals surface area contributed by atoms with E-state index >= 15 is 0 Å². The Morgan fingerprint density at radius 3 is 1.00 bits per heavy atom. The van der Waals surface area contributed by atoms with E-state index < -0.39 is 0 Å². The van der Waals surface area contributed by atoms with Crippen molar-refractivity contribution in [2.24, 2.45) is 0 Å². The maximum absolute atomic E-state index is 0. The van der Waals surface area contributed by atoms with E-state index in [4.69, 9.17) is 0 Å². The van der Waals surface area contributed by atoms with Gasteiger partial charge in [0.1, 0.15) is 0 Å². The van der Waals surface area contributed by atoms with Crippen LogP contribution in [0.5, 0.6) is 0 Å². The second kappa shape index (κ2) is 29.2. The van der Waals surface area contributed by atoms with Gasteiger partial charge in [0, 0.05) is 72.6 Å². The zero-order chi connectivity index (χ0) is 0. The molecule has 0 bridgehead atoms. The van der Waals surface area contributed by atoms with Crippen LogP contribution in [0.3, 0.4) is 0 Å². The smallest absolute Gasteiger partial charge is 0 e. The maximum atomic E-state index is 0. The van der Waals surface area contributed by atoms with Gasteiger partial charge in [0.05, 0.1) is 0 Å². The van der Waals surface area contributed by atoms with Gasteiger partial charge in [-0.05, 0) is 0 Å². The molecule has 0 fully saturated rings. The fraction of sp³-hybridized carbons (Fsp3) is 0. The molecule has 0 aromatic heterocycles. The molecule has 0 amide bonds. The first kappa shape index (κ1) is 46.1. The van der Waals surface area contributed by atoms with Crippen molar-refractivity contribution in [3.05, 3.63) is 0 Å². The Morgan fingerprint density at radius 1 is 1.00 bits per heavy atom. The minimum atomic E-state index is 0. The second-order valence-corrected chi connectivity index (χ2v) is 0. The molecular formula is H3AlCrCuNiTi. The molecule has 0 aromatic carbocycles. The molecule has 0 saturated heterocycles.